The van der Waals surface area contributed by atoms with E-state index in [-0.39, 0.29) is 6.10 Å². The third-order valence-corrected chi connectivity index (χ3v) is 4.72. The molecule has 1 nitrogen and oxygen atoms in total. The molecule has 0 amide bonds. The lowest BCUT2D eigenvalue weighted by Gasteiger charge is -2.14. The van der Waals surface area contributed by atoms with Gasteiger partial charge in [0, 0.05) is 11.0 Å². The van der Waals surface area contributed by atoms with Crippen LogP contribution in [-0.4, -0.2) is 10.4 Å². The molecule has 1 aliphatic heterocycles. The summed E-state index contributed by atoms with van der Waals surface area (Å²) < 4.78 is 0. The average molecular weight is 244 g/mol. The number of fused-ring (bicyclic) bond motifs is 3. The number of aliphatic hydroxyl groups is 1. The van der Waals surface area contributed by atoms with Crippen molar-refractivity contribution in [1.29, 1.82) is 0 Å². The second-order valence-corrected chi connectivity index (χ2v) is 6.15. The van der Waals surface area contributed by atoms with Gasteiger partial charge in [0.2, 0.25) is 0 Å². The second kappa shape index (κ2) is 4.35. The Morgan fingerprint density at radius 1 is 1.18 bits per heavy atom. The molecule has 0 fully saturated rings. The molecule has 0 radical (unpaired) electrons. The molecule has 0 saturated carbocycles. The van der Waals surface area contributed by atoms with Crippen LogP contribution in [0.15, 0.2) is 36.4 Å². The highest BCUT2D eigenvalue weighted by atomic mass is 32.2. The zero-order chi connectivity index (χ0) is 11.8. The van der Waals surface area contributed by atoms with Crippen LogP contribution in [0.2, 0.25) is 0 Å². The first-order valence-corrected chi connectivity index (χ1v) is 7.11. The molecule has 0 aliphatic carbocycles. The first kappa shape index (κ1) is 11.1. The lowest BCUT2D eigenvalue weighted by Crippen LogP contribution is -2.03. The van der Waals surface area contributed by atoms with Gasteiger partial charge in [-0.2, -0.15) is 11.8 Å². The third-order valence-electron chi connectivity index (χ3n) is 3.50. The third kappa shape index (κ3) is 1.96. The maximum atomic E-state index is 10.3. The summed E-state index contributed by atoms with van der Waals surface area (Å²) in [6.45, 7) is 2.20. The van der Waals surface area contributed by atoms with Crippen LogP contribution in [0.4, 0.5) is 0 Å². The highest BCUT2D eigenvalue weighted by molar-refractivity contribution is 7.99. The van der Waals surface area contributed by atoms with Crippen molar-refractivity contribution >= 4 is 22.5 Å². The van der Waals surface area contributed by atoms with Crippen molar-refractivity contribution in [3.63, 3.8) is 0 Å². The number of aliphatic hydroxyl groups excluding tert-OH is 1. The smallest absolute Gasteiger partial charge is 0.0803 e. The molecule has 17 heavy (non-hydrogen) atoms. The van der Waals surface area contributed by atoms with Gasteiger partial charge in [0.25, 0.3) is 0 Å². The van der Waals surface area contributed by atoms with Gasteiger partial charge in [-0.25, -0.2) is 0 Å². The summed E-state index contributed by atoms with van der Waals surface area (Å²) in [6.07, 6.45) is 0.551. The maximum Gasteiger partial charge on any atom is 0.0803 e. The van der Waals surface area contributed by atoms with E-state index in [9.17, 15) is 5.11 Å². The molecule has 3 rings (SSSR count). The molecular weight excluding hydrogens is 228 g/mol. The molecule has 1 aliphatic rings. The maximum absolute atomic E-state index is 10.3. The van der Waals surface area contributed by atoms with Gasteiger partial charge in [0.15, 0.2) is 0 Å². The van der Waals surface area contributed by atoms with Gasteiger partial charge in [-0.05, 0) is 28.3 Å². The molecule has 1 unspecified atom stereocenters. The van der Waals surface area contributed by atoms with Crippen molar-refractivity contribution in [3.8, 4) is 0 Å². The fraction of sp³-hybridized carbons (Fsp3) is 0.333. The Hall–Kier alpha value is -0.990. The number of thioether (sulfide) groups is 1. The fourth-order valence-corrected chi connectivity index (χ4v) is 3.65. The Labute approximate surface area is 106 Å². The van der Waals surface area contributed by atoms with Crippen molar-refractivity contribution in [2.75, 3.05) is 0 Å². The predicted octanol–water partition coefficient (Wildman–Crippen LogP) is 3.90. The standard InChI is InChI=1S/C15H16OS/c1-10-8-15(16)13-7-6-11-4-2-3-5-12(11)14(13)9-17-10/h2-7,10,15-16H,8-9H2,1H3/t10?,15-/m0/s1. The van der Waals surface area contributed by atoms with Crippen LogP contribution >= 0.6 is 11.8 Å². The molecule has 0 bridgehead atoms. The van der Waals surface area contributed by atoms with E-state index in [1.165, 1.54) is 16.3 Å². The van der Waals surface area contributed by atoms with Crippen LogP contribution in [0, 0.1) is 0 Å². The van der Waals surface area contributed by atoms with E-state index >= 15 is 0 Å². The minimum Gasteiger partial charge on any atom is -0.388 e. The topological polar surface area (TPSA) is 20.2 Å². The Morgan fingerprint density at radius 2 is 2.00 bits per heavy atom. The van der Waals surface area contributed by atoms with Crippen LogP contribution in [0.3, 0.4) is 0 Å². The zero-order valence-corrected chi connectivity index (χ0v) is 10.7. The predicted molar refractivity (Wildman–Crippen MR) is 74.3 cm³/mol. The SMILES string of the molecule is CC1C[C@H](O)c2ccc3ccccc3c2CS1. The minimum atomic E-state index is -0.306. The van der Waals surface area contributed by atoms with Gasteiger partial charge in [-0.1, -0.05) is 43.3 Å². The number of rotatable bonds is 0. The molecule has 2 aromatic carbocycles. The van der Waals surface area contributed by atoms with Crippen molar-refractivity contribution in [2.24, 2.45) is 0 Å². The number of hydrogen-bond acceptors (Lipinski definition) is 2. The summed E-state index contributed by atoms with van der Waals surface area (Å²) in [7, 11) is 0. The molecule has 0 aromatic heterocycles. The molecule has 88 valence electrons. The molecular formula is C15H16OS. The van der Waals surface area contributed by atoms with Crippen LogP contribution in [-0.2, 0) is 5.75 Å². The van der Waals surface area contributed by atoms with Gasteiger partial charge in [-0.15, -0.1) is 0 Å². The molecule has 0 spiro atoms. The quantitative estimate of drug-likeness (QED) is 0.758. The van der Waals surface area contributed by atoms with Crippen LogP contribution < -0.4 is 0 Å². The molecule has 2 heteroatoms. The van der Waals surface area contributed by atoms with Crippen molar-refractivity contribution in [3.05, 3.63) is 47.5 Å². The van der Waals surface area contributed by atoms with Crippen molar-refractivity contribution in [1.82, 2.24) is 0 Å². The number of hydrogen-bond donors (Lipinski definition) is 1. The first-order valence-electron chi connectivity index (χ1n) is 6.06. The minimum absolute atomic E-state index is 0.306. The van der Waals surface area contributed by atoms with Crippen molar-refractivity contribution < 1.29 is 5.11 Å². The van der Waals surface area contributed by atoms with Crippen LogP contribution in [0.5, 0.6) is 0 Å². The molecule has 2 aromatic rings. The lowest BCUT2D eigenvalue weighted by molar-refractivity contribution is 0.168. The second-order valence-electron chi connectivity index (χ2n) is 4.73. The van der Waals surface area contributed by atoms with Gasteiger partial charge >= 0.3 is 0 Å². The molecule has 1 heterocycles. The fourth-order valence-electron chi connectivity index (χ4n) is 2.56. The van der Waals surface area contributed by atoms with Crippen LogP contribution in [0.1, 0.15) is 30.6 Å². The van der Waals surface area contributed by atoms with Gasteiger partial charge in [-0.3, -0.25) is 0 Å². The summed E-state index contributed by atoms with van der Waals surface area (Å²) in [5.74, 6) is 1.01. The van der Waals surface area contributed by atoms with E-state index in [1.54, 1.807) is 0 Å². The molecule has 0 saturated heterocycles. The largest absolute Gasteiger partial charge is 0.388 e. The van der Waals surface area contributed by atoms with E-state index in [4.69, 9.17) is 0 Å². The van der Waals surface area contributed by atoms with E-state index < -0.39 is 0 Å². The summed E-state index contributed by atoms with van der Waals surface area (Å²) in [5.41, 5.74) is 2.45. The Kier molecular flexibility index (Phi) is 2.85. The number of benzene rings is 2. The summed E-state index contributed by atoms with van der Waals surface area (Å²) in [6, 6.07) is 12.7. The Morgan fingerprint density at radius 3 is 2.88 bits per heavy atom. The summed E-state index contributed by atoms with van der Waals surface area (Å²) in [4.78, 5) is 0. The molecule has 1 N–H and O–H groups in total. The lowest BCUT2D eigenvalue weighted by atomic mass is 9.95. The van der Waals surface area contributed by atoms with Crippen molar-refractivity contribution in [2.45, 2.75) is 30.5 Å². The Bertz CT molecular complexity index is 550. The monoisotopic (exact) mass is 244 g/mol. The Balaban J connectivity index is 2.22. The molecule has 2 atom stereocenters. The summed E-state index contributed by atoms with van der Waals surface area (Å²) >= 11 is 1.94. The van der Waals surface area contributed by atoms with E-state index in [0.29, 0.717) is 5.25 Å². The highest BCUT2D eigenvalue weighted by Crippen LogP contribution is 2.38. The van der Waals surface area contributed by atoms with E-state index in [2.05, 4.69) is 43.3 Å². The average Bonchev–Trinajstić information content (AvgIpc) is 2.49. The first-order chi connectivity index (χ1) is 8.25. The van der Waals surface area contributed by atoms with Gasteiger partial charge in [0.1, 0.15) is 0 Å². The van der Waals surface area contributed by atoms with E-state index in [1.807, 2.05) is 11.8 Å². The normalized spacial score (nSPS) is 24.4. The van der Waals surface area contributed by atoms with Gasteiger partial charge < -0.3 is 5.11 Å². The zero-order valence-electron chi connectivity index (χ0n) is 9.89. The highest BCUT2D eigenvalue weighted by Gasteiger charge is 2.21. The summed E-state index contributed by atoms with van der Waals surface area (Å²) in [5, 5.41) is 13.4. The van der Waals surface area contributed by atoms with Crippen LogP contribution in [0.25, 0.3) is 10.8 Å². The van der Waals surface area contributed by atoms with E-state index in [0.717, 1.165) is 17.7 Å². The van der Waals surface area contributed by atoms with Gasteiger partial charge in [0.05, 0.1) is 6.10 Å².